The largest absolute Gasteiger partial charge is 0.306 e. The molecule has 1 saturated heterocycles. The smallest absolute Gasteiger partial charge is 0.106 e. The van der Waals surface area contributed by atoms with Gasteiger partial charge in [0, 0.05) is 12.2 Å². The normalized spacial score (nSPS) is 22.9. The predicted molar refractivity (Wildman–Crippen MR) is 61.2 cm³/mol. The Labute approximate surface area is 93.5 Å². The van der Waals surface area contributed by atoms with E-state index in [0.29, 0.717) is 0 Å². The molecule has 1 fully saturated rings. The van der Waals surface area contributed by atoms with Crippen LogP contribution in [-0.4, -0.2) is 30.0 Å². The van der Waals surface area contributed by atoms with Crippen LogP contribution in [-0.2, 0) is 6.42 Å². The van der Waals surface area contributed by atoms with Crippen LogP contribution in [0.15, 0.2) is 22.8 Å². The van der Waals surface area contributed by atoms with Crippen LogP contribution in [0.2, 0.25) is 0 Å². The lowest BCUT2D eigenvalue weighted by Gasteiger charge is -2.09. The number of likely N-dealkylation sites (tertiary alicyclic amines) is 1. The first-order chi connectivity index (χ1) is 6.74. The van der Waals surface area contributed by atoms with Crippen molar-refractivity contribution in [1.82, 2.24) is 9.88 Å². The third-order valence-corrected chi connectivity index (χ3v) is 3.20. The van der Waals surface area contributed by atoms with E-state index in [1.54, 1.807) is 0 Å². The molecule has 14 heavy (non-hydrogen) atoms. The predicted octanol–water partition coefficient (Wildman–Crippen LogP) is 2.34. The highest BCUT2D eigenvalue weighted by atomic mass is 79.9. The first-order valence-electron chi connectivity index (χ1n) is 5.04. The van der Waals surface area contributed by atoms with Crippen LogP contribution in [0.1, 0.15) is 12.1 Å². The summed E-state index contributed by atoms with van der Waals surface area (Å²) in [6.07, 6.45) is 2.43. The van der Waals surface area contributed by atoms with E-state index in [9.17, 15) is 0 Å². The maximum atomic E-state index is 4.46. The summed E-state index contributed by atoms with van der Waals surface area (Å²) >= 11 is 3.40. The fourth-order valence-corrected chi connectivity index (χ4v) is 2.43. The number of hydrogen-bond donors (Lipinski definition) is 0. The van der Waals surface area contributed by atoms with Crippen LogP contribution < -0.4 is 0 Å². The average molecular weight is 255 g/mol. The van der Waals surface area contributed by atoms with E-state index in [-0.39, 0.29) is 0 Å². The van der Waals surface area contributed by atoms with Crippen LogP contribution >= 0.6 is 15.9 Å². The van der Waals surface area contributed by atoms with E-state index in [4.69, 9.17) is 0 Å². The molecule has 0 bridgehead atoms. The van der Waals surface area contributed by atoms with Gasteiger partial charge in [0.05, 0.1) is 0 Å². The van der Waals surface area contributed by atoms with Crippen molar-refractivity contribution in [2.45, 2.75) is 12.8 Å². The highest BCUT2D eigenvalue weighted by Crippen LogP contribution is 2.19. The number of nitrogens with zero attached hydrogens (tertiary/aromatic N) is 2. The van der Waals surface area contributed by atoms with Crippen LogP contribution in [0.4, 0.5) is 0 Å². The van der Waals surface area contributed by atoms with Crippen LogP contribution in [0.25, 0.3) is 0 Å². The minimum Gasteiger partial charge on any atom is -0.306 e. The average Bonchev–Trinajstić information content (AvgIpc) is 2.51. The number of aromatic nitrogens is 1. The molecular weight excluding hydrogens is 240 g/mol. The van der Waals surface area contributed by atoms with Gasteiger partial charge in [0.2, 0.25) is 0 Å². The van der Waals surface area contributed by atoms with Gasteiger partial charge in [-0.2, -0.15) is 0 Å². The second-order valence-corrected chi connectivity index (χ2v) is 4.89. The van der Waals surface area contributed by atoms with E-state index < -0.39 is 0 Å². The van der Waals surface area contributed by atoms with Crippen molar-refractivity contribution >= 4 is 15.9 Å². The molecular formula is C11H15BrN2. The van der Waals surface area contributed by atoms with Crippen molar-refractivity contribution in [3.05, 3.63) is 28.5 Å². The lowest BCUT2D eigenvalue weighted by Crippen LogP contribution is -2.15. The lowest BCUT2D eigenvalue weighted by molar-refractivity contribution is 0.393. The molecule has 2 rings (SSSR count). The van der Waals surface area contributed by atoms with Crippen LogP contribution in [0.5, 0.6) is 0 Å². The first kappa shape index (κ1) is 10.1. The summed E-state index contributed by atoms with van der Waals surface area (Å²) in [6.45, 7) is 2.45. The molecule has 0 amide bonds. The number of halogens is 1. The van der Waals surface area contributed by atoms with E-state index in [1.807, 2.05) is 6.07 Å². The standard InChI is InChI=1S/C11H15BrN2/c1-14-6-5-9(8-14)7-10-3-2-4-11(12)13-10/h2-4,9H,5-8H2,1H3. The fraction of sp³-hybridized carbons (Fsp3) is 0.545. The summed E-state index contributed by atoms with van der Waals surface area (Å²) in [7, 11) is 2.19. The fourth-order valence-electron chi connectivity index (χ4n) is 2.05. The van der Waals surface area contributed by atoms with Gasteiger partial charge in [0.25, 0.3) is 0 Å². The van der Waals surface area contributed by atoms with Crippen molar-refractivity contribution in [3.8, 4) is 0 Å². The molecule has 0 saturated carbocycles. The van der Waals surface area contributed by atoms with Gasteiger partial charge in [0.1, 0.15) is 4.60 Å². The lowest BCUT2D eigenvalue weighted by atomic mass is 10.0. The molecule has 3 heteroatoms. The molecule has 1 aromatic rings. The van der Waals surface area contributed by atoms with Crippen molar-refractivity contribution in [2.24, 2.45) is 5.92 Å². The molecule has 0 aromatic carbocycles. The minimum absolute atomic E-state index is 0.793. The molecule has 1 unspecified atom stereocenters. The monoisotopic (exact) mass is 254 g/mol. The van der Waals surface area contributed by atoms with Gasteiger partial charge in [-0.05, 0) is 60.4 Å². The SMILES string of the molecule is CN1CCC(Cc2cccc(Br)n2)C1. The Hall–Kier alpha value is -0.410. The third kappa shape index (κ3) is 2.55. The van der Waals surface area contributed by atoms with Crippen molar-refractivity contribution in [1.29, 1.82) is 0 Å². The molecule has 0 spiro atoms. The summed E-state index contributed by atoms with van der Waals surface area (Å²) in [5, 5.41) is 0. The topological polar surface area (TPSA) is 16.1 Å². The van der Waals surface area contributed by atoms with Gasteiger partial charge in [-0.25, -0.2) is 4.98 Å². The quantitative estimate of drug-likeness (QED) is 0.754. The zero-order valence-corrected chi connectivity index (χ0v) is 10.00. The molecule has 1 atom stereocenters. The van der Waals surface area contributed by atoms with E-state index in [2.05, 4.69) is 45.0 Å². The Morgan fingerprint density at radius 3 is 3.07 bits per heavy atom. The molecule has 0 N–H and O–H groups in total. The van der Waals surface area contributed by atoms with Gasteiger partial charge >= 0.3 is 0 Å². The highest BCUT2D eigenvalue weighted by Gasteiger charge is 2.19. The zero-order chi connectivity index (χ0) is 9.97. The summed E-state index contributed by atoms with van der Waals surface area (Å²) in [4.78, 5) is 6.85. The molecule has 2 heterocycles. The number of rotatable bonds is 2. The number of pyridine rings is 1. The third-order valence-electron chi connectivity index (χ3n) is 2.76. The Balaban J connectivity index is 1.97. The molecule has 0 aliphatic carbocycles. The van der Waals surface area contributed by atoms with Crippen molar-refractivity contribution in [3.63, 3.8) is 0 Å². The van der Waals surface area contributed by atoms with Crippen LogP contribution in [0, 0.1) is 5.92 Å². The van der Waals surface area contributed by atoms with Gasteiger partial charge in [-0.15, -0.1) is 0 Å². The Bertz CT molecular complexity index is 314. The second kappa shape index (κ2) is 4.41. The van der Waals surface area contributed by atoms with E-state index in [1.165, 1.54) is 25.2 Å². The number of hydrogen-bond acceptors (Lipinski definition) is 2. The Morgan fingerprint density at radius 1 is 1.57 bits per heavy atom. The summed E-state index contributed by atoms with van der Waals surface area (Å²) in [5.41, 5.74) is 1.21. The van der Waals surface area contributed by atoms with Gasteiger partial charge in [-0.1, -0.05) is 6.07 Å². The maximum absolute atomic E-state index is 4.46. The van der Waals surface area contributed by atoms with Crippen molar-refractivity contribution in [2.75, 3.05) is 20.1 Å². The Morgan fingerprint density at radius 2 is 2.43 bits per heavy atom. The first-order valence-corrected chi connectivity index (χ1v) is 5.83. The second-order valence-electron chi connectivity index (χ2n) is 4.07. The van der Waals surface area contributed by atoms with E-state index in [0.717, 1.165) is 16.9 Å². The maximum Gasteiger partial charge on any atom is 0.106 e. The molecule has 76 valence electrons. The van der Waals surface area contributed by atoms with Gasteiger partial charge < -0.3 is 4.90 Å². The van der Waals surface area contributed by atoms with E-state index >= 15 is 0 Å². The van der Waals surface area contributed by atoms with Gasteiger partial charge in [-0.3, -0.25) is 0 Å². The summed E-state index contributed by atoms with van der Waals surface area (Å²) in [5.74, 6) is 0.793. The van der Waals surface area contributed by atoms with Crippen LogP contribution in [0.3, 0.4) is 0 Å². The molecule has 0 radical (unpaired) electrons. The minimum atomic E-state index is 0.793. The summed E-state index contributed by atoms with van der Waals surface area (Å²) in [6, 6.07) is 6.15. The molecule has 1 aliphatic rings. The molecule has 1 aliphatic heterocycles. The zero-order valence-electron chi connectivity index (χ0n) is 8.41. The molecule has 2 nitrogen and oxygen atoms in total. The highest BCUT2D eigenvalue weighted by molar-refractivity contribution is 9.10. The Kier molecular flexibility index (Phi) is 3.19. The summed E-state index contributed by atoms with van der Waals surface area (Å²) < 4.78 is 0.946. The van der Waals surface area contributed by atoms with Gasteiger partial charge in [0.15, 0.2) is 0 Å². The van der Waals surface area contributed by atoms with Crippen molar-refractivity contribution < 1.29 is 0 Å². The molecule has 1 aromatic heterocycles.